The Kier molecular flexibility index (Phi) is 2.83. The van der Waals surface area contributed by atoms with E-state index in [1.807, 2.05) is 44.4 Å². The molecule has 0 spiro atoms. The van der Waals surface area contributed by atoms with Crippen LogP contribution in [-0.4, -0.2) is 10.5 Å². The highest BCUT2D eigenvalue weighted by Crippen LogP contribution is 2.32. The Bertz CT molecular complexity index is 573. The summed E-state index contributed by atoms with van der Waals surface area (Å²) >= 11 is 1.28. The van der Waals surface area contributed by atoms with Crippen LogP contribution in [-0.2, 0) is 0 Å². The number of hydrogen-bond acceptors (Lipinski definition) is 3. The van der Waals surface area contributed by atoms with Crippen LogP contribution in [0, 0.1) is 27.7 Å². The van der Waals surface area contributed by atoms with Gasteiger partial charge in [-0.3, -0.25) is 0 Å². The number of rotatable bonds is 2. The van der Waals surface area contributed by atoms with E-state index >= 15 is 0 Å². The van der Waals surface area contributed by atoms with E-state index in [9.17, 15) is 9.90 Å². The van der Waals surface area contributed by atoms with Crippen molar-refractivity contribution in [3.05, 3.63) is 38.8 Å². The lowest BCUT2D eigenvalue weighted by Crippen LogP contribution is -2.23. The predicted molar refractivity (Wildman–Crippen MR) is 66.9 cm³/mol. The van der Waals surface area contributed by atoms with Crippen LogP contribution in [0.3, 0.4) is 0 Å². The molecule has 90 valence electrons. The minimum atomic E-state index is -1.10. The quantitative estimate of drug-likeness (QED) is 0.817. The fourth-order valence-electron chi connectivity index (χ4n) is 2.04. The fraction of sp³-hybridized carbons (Fsp3) is 0.308. The van der Waals surface area contributed by atoms with Gasteiger partial charge in [-0.1, -0.05) is 0 Å². The van der Waals surface area contributed by atoms with Gasteiger partial charge in [0.2, 0.25) is 0 Å². The molecular formula is C13H14NO2S-. The van der Waals surface area contributed by atoms with Crippen LogP contribution < -0.4 is 5.11 Å². The van der Waals surface area contributed by atoms with Crippen molar-refractivity contribution in [1.82, 2.24) is 4.57 Å². The number of hydrogen-bond donors (Lipinski definition) is 0. The maximum atomic E-state index is 11.2. The number of carbonyl (C=O) groups is 1. The van der Waals surface area contributed by atoms with E-state index in [1.165, 1.54) is 11.3 Å². The summed E-state index contributed by atoms with van der Waals surface area (Å²) in [7, 11) is 0. The smallest absolute Gasteiger partial charge is 0.0836 e. The molecule has 2 heterocycles. The highest BCUT2D eigenvalue weighted by Gasteiger charge is 2.17. The van der Waals surface area contributed by atoms with E-state index in [4.69, 9.17) is 0 Å². The van der Waals surface area contributed by atoms with Gasteiger partial charge in [0.25, 0.3) is 0 Å². The molecule has 0 atom stereocenters. The zero-order valence-electron chi connectivity index (χ0n) is 10.3. The van der Waals surface area contributed by atoms with Crippen molar-refractivity contribution in [2.45, 2.75) is 27.7 Å². The second-order valence-electron chi connectivity index (χ2n) is 4.20. The van der Waals surface area contributed by atoms with Gasteiger partial charge in [0.1, 0.15) is 0 Å². The van der Waals surface area contributed by atoms with Crippen molar-refractivity contribution >= 4 is 17.3 Å². The van der Waals surface area contributed by atoms with Gasteiger partial charge in [-0.05, 0) is 45.4 Å². The van der Waals surface area contributed by atoms with Crippen molar-refractivity contribution in [2.24, 2.45) is 0 Å². The van der Waals surface area contributed by atoms with E-state index < -0.39 is 5.97 Å². The predicted octanol–water partition coefficient (Wildman–Crippen LogP) is 2.14. The first-order valence-electron chi connectivity index (χ1n) is 5.40. The molecular weight excluding hydrogens is 234 g/mol. The first-order chi connectivity index (χ1) is 7.93. The fourth-order valence-corrected chi connectivity index (χ4v) is 3.02. The molecule has 0 aromatic carbocycles. The molecule has 17 heavy (non-hydrogen) atoms. The number of carboxylic acids is 1. The Morgan fingerprint density at radius 1 is 1.18 bits per heavy atom. The van der Waals surface area contributed by atoms with Gasteiger partial charge in [-0.2, -0.15) is 0 Å². The number of aryl methyl sites for hydroxylation is 3. The normalized spacial score (nSPS) is 10.8. The number of nitrogens with zero attached hydrogens (tertiary/aromatic N) is 1. The molecule has 0 amide bonds. The van der Waals surface area contributed by atoms with Crippen molar-refractivity contribution in [3.63, 3.8) is 0 Å². The zero-order valence-corrected chi connectivity index (χ0v) is 11.1. The average molecular weight is 248 g/mol. The molecule has 0 fully saturated rings. The monoisotopic (exact) mass is 248 g/mol. The summed E-state index contributed by atoms with van der Waals surface area (Å²) in [5.74, 6) is -1.10. The van der Waals surface area contributed by atoms with E-state index in [-0.39, 0.29) is 0 Å². The van der Waals surface area contributed by atoms with Crippen molar-refractivity contribution in [1.29, 1.82) is 0 Å². The molecule has 2 aromatic rings. The lowest BCUT2D eigenvalue weighted by atomic mass is 10.2. The number of thiophene rings is 1. The second kappa shape index (κ2) is 4.04. The first kappa shape index (κ1) is 11.9. The standard InChI is InChI=1S/C13H15NO2S/c1-7-5-6-8(2)14(7)11-9(3)10(4)17-12(11)13(15)16/h5-6H,1-4H3,(H,15,16)/p-1. The van der Waals surface area contributed by atoms with E-state index in [2.05, 4.69) is 0 Å². The van der Waals surface area contributed by atoms with Crippen molar-refractivity contribution in [2.75, 3.05) is 0 Å². The van der Waals surface area contributed by atoms with Crippen LogP contribution in [0.1, 0.15) is 31.5 Å². The Morgan fingerprint density at radius 2 is 1.71 bits per heavy atom. The molecule has 4 heteroatoms. The van der Waals surface area contributed by atoms with Crippen LogP contribution in [0.5, 0.6) is 0 Å². The summed E-state index contributed by atoms with van der Waals surface area (Å²) in [5.41, 5.74) is 3.83. The Hall–Kier alpha value is -1.55. The van der Waals surface area contributed by atoms with Gasteiger partial charge < -0.3 is 14.5 Å². The van der Waals surface area contributed by atoms with Gasteiger partial charge in [-0.15, -0.1) is 11.3 Å². The van der Waals surface area contributed by atoms with E-state index in [0.29, 0.717) is 4.88 Å². The zero-order chi connectivity index (χ0) is 12.7. The molecule has 2 aromatic heterocycles. The van der Waals surface area contributed by atoms with Gasteiger partial charge in [-0.25, -0.2) is 0 Å². The number of carboxylic acid groups (broad SMARTS) is 1. The van der Waals surface area contributed by atoms with Crippen LogP contribution in [0.15, 0.2) is 12.1 Å². The van der Waals surface area contributed by atoms with Gasteiger partial charge in [0, 0.05) is 16.3 Å². The van der Waals surface area contributed by atoms with Gasteiger partial charge in [0.05, 0.1) is 16.5 Å². The summed E-state index contributed by atoms with van der Waals surface area (Å²) in [4.78, 5) is 12.5. The summed E-state index contributed by atoms with van der Waals surface area (Å²) in [6.07, 6.45) is 0. The third-order valence-corrected chi connectivity index (χ3v) is 4.21. The van der Waals surface area contributed by atoms with E-state index in [0.717, 1.165) is 27.5 Å². The van der Waals surface area contributed by atoms with Gasteiger partial charge in [0.15, 0.2) is 0 Å². The molecule has 0 saturated heterocycles. The summed E-state index contributed by atoms with van der Waals surface area (Å²) in [6.45, 7) is 7.83. The Balaban J connectivity index is 2.79. The number of aromatic nitrogens is 1. The molecule has 0 radical (unpaired) electrons. The minimum Gasteiger partial charge on any atom is -0.544 e. The Labute approximate surface area is 104 Å². The topological polar surface area (TPSA) is 45.1 Å². The van der Waals surface area contributed by atoms with Crippen molar-refractivity contribution < 1.29 is 9.90 Å². The summed E-state index contributed by atoms with van der Waals surface area (Å²) in [5, 5.41) is 11.2. The molecule has 0 bridgehead atoms. The van der Waals surface area contributed by atoms with Crippen molar-refractivity contribution in [3.8, 4) is 5.69 Å². The molecule has 3 nitrogen and oxygen atoms in total. The molecule has 0 N–H and O–H groups in total. The maximum Gasteiger partial charge on any atom is 0.0836 e. The molecule has 0 aliphatic carbocycles. The summed E-state index contributed by atoms with van der Waals surface area (Å²) in [6, 6.07) is 3.97. The Morgan fingerprint density at radius 3 is 2.18 bits per heavy atom. The molecule has 0 aliphatic rings. The summed E-state index contributed by atoms with van der Waals surface area (Å²) < 4.78 is 1.98. The maximum absolute atomic E-state index is 11.2. The highest BCUT2D eigenvalue weighted by molar-refractivity contribution is 7.14. The largest absolute Gasteiger partial charge is 0.544 e. The lowest BCUT2D eigenvalue weighted by Gasteiger charge is -2.12. The number of carbonyl (C=O) groups excluding carboxylic acids is 1. The SMILES string of the molecule is Cc1sc(C(=O)[O-])c(-n2c(C)ccc2C)c1C. The minimum absolute atomic E-state index is 0.308. The van der Waals surface area contributed by atoms with Crippen LogP contribution in [0.2, 0.25) is 0 Å². The third kappa shape index (κ3) is 1.78. The van der Waals surface area contributed by atoms with E-state index in [1.54, 1.807) is 0 Å². The average Bonchev–Trinajstić information content (AvgIpc) is 2.71. The highest BCUT2D eigenvalue weighted by atomic mass is 32.1. The van der Waals surface area contributed by atoms with Crippen LogP contribution >= 0.6 is 11.3 Å². The molecule has 0 saturated carbocycles. The van der Waals surface area contributed by atoms with Crippen LogP contribution in [0.25, 0.3) is 5.69 Å². The second-order valence-corrected chi connectivity index (χ2v) is 5.42. The first-order valence-corrected chi connectivity index (χ1v) is 6.21. The molecule has 0 aliphatic heterocycles. The van der Waals surface area contributed by atoms with Crippen LogP contribution in [0.4, 0.5) is 0 Å². The molecule has 0 unspecified atom stereocenters. The number of aromatic carboxylic acids is 1. The lowest BCUT2D eigenvalue weighted by molar-refractivity contribution is -0.254. The molecule has 2 rings (SSSR count). The third-order valence-electron chi connectivity index (χ3n) is 3.03. The van der Waals surface area contributed by atoms with Gasteiger partial charge >= 0.3 is 0 Å².